The third-order valence-electron chi connectivity index (χ3n) is 3.70. The standard InChI is InChI=1S/C14H15ClF3NO/c1-19(12-5-3-2-4-9(12)15)14(20)8-6-10(16)13(18)11(17)7-8/h6-7,9,12H,2-5H2,1H3. The van der Waals surface area contributed by atoms with Crippen LogP contribution in [0.2, 0.25) is 0 Å². The second-order valence-corrected chi connectivity index (χ2v) is 5.60. The molecule has 20 heavy (non-hydrogen) atoms. The maximum Gasteiger partial charge on any atom is 0.254 e. The average molecular weight is 306 g/mol. The number of alkyl halides is 1. The summed E-state index contributed by atoms with van der Waals surface area (Å²) in [6, 6.07) is 1.25. The summed E-state index contributed by atoms with van der Waals surface area (Å²) in [5, 5.41) is -0.173. The molecule has 1 aromatic rings. The minimum atomic E-state index is -1.57. The van der Waals surface area contributed by atoms with Crippen molar-refractivity contribution in [1.29, 1.82) is 0 Å². The van der Waals surface area contributed by atoms with Crippen LogP contribution in [0.4, 0.5) is 13.2 Å². The molecule has 1 amide bonds. The zero-order chi connectivity index (χ0) is 14.9. The van der Waals surface area contributed by atoms with Crippen molar-refractivity contribution in [2.24, 2.45) is 0 Å². The molecule has 0 aliphatic heterocycles. The van der Waals surface area contributed by atoms with E-state index in [0.29, 0.717) is 12.1 Å². The van der Waals surface area contributed by atoms with Crippen molar-refractivity contribution in [3.05, 3.63) is 35.1 Å². The molecule has 1 saturated carbocycles. The number of benzene rings is 1. The van der Waals surface area contributed by atoms with Crippen LogP contribution in [0.1, 0.15) is 36.0 Å². The van der Waals surface area contributed by atoms with Gasteiger partial charge in [-0.05, 0) is 25.0 Å². The number of hydrogen-bond donors (Lipinski definition) is 0. The molecule has 2 atom stereocenters. The highest BCUT2D eigenvalue weighted by Gasteiger charge is 2.30. The van der Waals surface area contributed by atoms with Crippen LogP contribution < -0.4 is 0 Å². The second-order valence-electron chi connectivity index (χ2n) is 5.04. The van der Waals surface area contributed by atoms with Crippen LogP contribution in [0.15, 0.2) is 12.1 Å². The maximum absolute atomic E-state index is 13.2. The number of carbonyl (C=O) groups excluding carboxylic acids is 1. The Hall–Kier alpha value is -1.23. The Morgan fingerprint density at radius 3 is 2.30 bits per heavy atom. The monoisotopic (exact) mass is 305 g/mol. The van der Waals surface area contributed by atoms with E-state index in [9.17, 15) is 18.0 Å². The molecule has 0 spiro atoms. The van der Waals surface area contributed by atoms with Crippen molar-refractivity contribution in [3.63, 3.8) is 0 Å². The van der Waals surface area contributed by atoms with Crippen LogP contribution >= 0.6 is 11.6 Å². The van der Waals surface area contributed by atoms with Gasteiger partial charge in [-0.2, -0.15) is 0 Å². The van der Waals surface area contributed by atoms with Gasteiger partial charge in [0.05, 0.1) is 5.38 Å². The van der Waals surface area contributed by atoms with E-state index < -0.39 is 23.4 Å². The van der Waals surface area contributed by atoms with Gasteiger partial charge in [0, 0.05) is 18.7 Å². The van der Waals surface area contributed by atoms with E-state index in [2.05, 4.69) is 0 Å². The van der Waals surface area contributed by atoms with Gasteiger partial charge in [-0.3, -0.25) is 4.79 Å². The van der Waals surface area contributed by atoms with Crippen molar-refractivity contribution in [1.82, 2.24) is 4.90 Å². The molecule has 0 aromatic heterocycles. The fourth-order valence-electron chi connectivity index (χ4n) is 2.54. The van der Waals surface area contributed by atoms with Gasteiger partial charge in [0.1, 0.15) is 0 Å². The molecule has 110 valence electrons. The molecule has 0 saturated heterocycles. The summed E-state index contributed by atoms with van der Waals surface area (Å²) in [6.45, 7) is 0. The smallest absolute Gasteiger partial charge is 0.254 e. The normalized spacial score (nSPS) is 22.6. The first-order valence-electron chi connectivity index (χ1n) is 6.47. The van der Waals surface area contributed by atoms with Crippen molar-refractivity contribution in [3.8, 4) is 0 Å². The highest BCUT2D eigenvalue weighted by molar-refractivity contribution is 6.21. The summed E-state index contributed by atoms with van der Waals surface area (Å²) in [4.78, 5) is 13.6. The Balaban J connectivity index is 2.22. The molecule has 2 nitrogen and oxygen atoms in total. The van der Waals surface area contributed by atoms with Crippen molar-refractivity contribution in [2.75, 3.05) is 7.05 Å². The first-order valence-corrected chi connectivity index (χ1v) is 6.91. The Morgan fingerprint density at radius 1 is 1.20 bits per heavy atom. The third kappa shape index (κ3) is 2.92. The van der Waals surface area contributed by atoms with Gasteiger partial charge in [-0.1, -0.05) is 12.8 Å². The van der Waals surface area contributed by atoms with Crippen LogP contribution in [0.5, 0.6) is 0 Å². The summed E-state index contributed by atoms with van der Waals surface area (Å²) < 4.78 is 39.2. The van der Waals surface area contributed by atoms with Crippen molar-refractivity contribution in [2.45, 2.75) is 37.1 Å². The second kappa shape index (κ2) is 6.04. The molecular weight excluding hydrogens is 291 g/mol. The Bertz CT molecular complexity index is 500. The summed E-state index contributed by atoms with van der Waals surface area (Å²) in [5.41, 5.74) is -0.210. The van der Waals surface area contributed by atoms with Crippen LogP contribution in [-0.2, 0) is 0 Å². The summed E-state index contributed by atoms with van der Waals surface area (Å²) in [6.07, 6.45) is 3.52. The Morgan fingerprint density at radius 2 is 1.75 bits per heavy atom. The number of carbonyl (C=O) groups is 1. The van der Waals surface area contributed by atoms with Gasteiger partial charge in [-0.15, -0.1) is 11.6 Å². The largest absolute Gasteiger partial charge is 0.337 e. The topological polar surface area (TPSA) is 20.3 Å². The lowest BCUT2D eigenvalue weighted by atomic mass is 9.93. The summed E-state index contributed by atoms with van der Waals surface area (Å²) >= 11 is 6.19. The fraction of sp³-hybridized carbons (Fsp3) is 0.500. The summed E-state index contributed by atoms with van der Waals surface area (Å²) in [7, 11) is 1.55. The van der Waals surface area contributed by atoms with Crippen LogP contribution in [0.3, 0.4) is 0 Å². The van der Waals surface area contributed by atoms with E-state index in [-0.39, 0.29) is 17.0 Å². The molecular formula is C14H15ClF3NO. The lowest BCUT2D eigenvalue weighted by molar-refractivity contribution is 0.0699. The zero-order valence-electron chi connectivity index (χ0n) is 11.0. The predicted molar refractivity (Wildman–Crippen MR) is 70.3 cm³/mol. The quantitative estimate of drug-likeness (QED) is 0.602. The Kier molecular flexibility index (Phi) is 4.58. The minimum Gasteiger partial charge on any atom is -0.337 e. The SMILES string of the molecule is CN(C(=O)c1cc(F)c(F)c(F)c1)C1CCCCC1Cl. The maximum atomic E-state index is 13.2. The van der Waals surface area contributed by atoms with E-state index in [0.717, 1.165) is 25.7 Å². The molecule has 0 N–H and O–H groups in total. The van der Waals surface area contributed by atoms with E-state index in [1.54, 1.807) is 7.05 Å². The minimum absolute atomic E-state index is 0.172. The summed E-state index contributed by atoms with van der Waals surface area (Å²) in [5.74, 6) is -4.86. The van der Waals surface area contributed by atoms with E-state index in [1.165, 1.54) is 4.90 Å². The van der Waals surface area contributed by atoms with Crippen LogP contribution in [-0.4, -0.2) is 29.3 Å². The highest BCUT2D eigenvalue weighted by Crippen LogP contribution is 2.27. The van der Waals surface area contributed by atoms with Gasteiger partial charge in [-0.25, -0.2) is 13.2 Å². The third-order valence-corrected chi connectivity index (χ3v) is 4.20. The average Bonchev–Trinajstić information content (AvgIpc) is 2.43. The van der Waals surface area contributed by atoms with E-state index >= 15 is 0 Å². The molecule has 6 heteroatoms. The molecule has 0 heterocycles. The lowest BCUT2D eigenvalue weighted by Gasteiger charge is -2.35. The molecule has 1 aliphatic rings. The number of rotatable bonds is 2. The van der Waals surface area contributed by atoms with E-state index in [1.807, 2.05) is 0 Å². The molecule has 2 unspecified atom stereocenters. The molecule has 1 aliphatic carbocycles. The van der Waals surface area contributed by atoms with Crippen molar-refractivity contribution >= 4 is 17.5 Å². The van der Waals surface area contributed by atoms with E-state index in [4.69, 9.17) is 11.6 Å². The number of halogens is 4. The first-order chi connectivity index (χ1) is 9.41. The molecule has 0 radical (unpaired) electrons. The zero-order valence-corrected chi connectivity index (χ0v) is 11.8. The molecule has 1 aromatic carbocycles. The molecule has 2 rings (SSSR count). The van der Waals surface area contributed by atoms with Gasteiger partial charge in [0.15, 0.2) is 17.5 Å². The van der Waals surface area contributed by atoms with Gasteiger partial charge in [0.2, 0.25) is 0 Å². The highest BCUT2D eigenvalue weighted by atomic mass is 35.5. The van der Waals surface area contributed by atoms with Gasteiger partial charge in [0.25, 0.3) is 5.91 Å². The number of hydrogen-bond acceptors (Lipinski definition) is 1. The van der Waals surface area contributed by atoms with Crippen molar-refractivity contribution < 1.29 is 18.0 Å². The number of amides is 1. The van der Waals surface area contributed by atoms with Gasteiger partial charge >= 0.3 is 0 Å². The van der Waals surface area contributed by atoms with Crippen LogP contribution in [0, 0.1) is 17.5 Å². The Labute approximate surface area is 120 Å². The lowest BCUT2D eigenvalue weighted by Crippen LogP contribution is -2.44. The van der Waals surface area contributed by atoms with Crippen LogP contribution in [0.25, 0.3) is 0 Å². The molecule has 1 fully saturated rings. The first kappa shape index (κ1) is 15.2. The fourth-order valence-corrected chi connectivity index (χ4v) is 2.98. The number of nitrogens with zero attached hydrogens (tertiary/aromatic N) is 1. The van der Waals surface area contributed by atoms with Gasteiger partial charge < -0.3 is 4.90 Å². The predicted octanol–water partition coefficient (Wildman–Crippen LogP) is 3.73. The molecule has 0 bridgehead atoms.